The van der Waals surface area contributed by atoms with E-state index in [4.69, 9.17) is 4.74 Å². The number of benzene rings is 1. The molecule has 0 bridgehead atoms. The van der Waals surface area contributed by atoms with Gasteiger partial charge in [-0.05, 0) is 6.07 Å². The van der Waals surface area contributed by atoms with E-state index in [1.165, 1.54) is 12.1 Å². The number of hydrogen-bond donors (Lipinski definition) is 3. The van der Waals surface area contributed by atoms with Crippen molar-refractivity contribution >= 4 is 22.3 Å². The molecule has 0 amide bonds. The van der Waals surface area contributed by atoms with Crippen LogP contribution in [0.3, 0.4) is 0 Å². The molecule has 1 aromatic heterocycles. The molecule has 1 fully saturated rings. The number of rotatable bonds is 5. The van der Waals surface area contributed by atoms with E-state index in [0.29, 0.717) is 26.3 Å². The molecule has 0 atom stereocenters. The van der Waals surface area contributed by atoms with Crippen molar-refractivity contribution < 1.29 is 9.66 Å². The first kappa shape index (κ1) is 16.1. The number of fused-ring (bicyclic) bond motifs is 1. The zero-order valence-corrected chi connectivity index (χ0v) is 12.8. The highest BCUT2D eigenvalue weighted by Crippen LogP contribution is 2.27. The first-order valence-electron chi connectivity index (χ1n) is 7.53. The Morgan fingerprint density at radius 1 is 1.25 bits per heavy atom. The van der Waals surface area contributed by atoms with E-state index in [9.17, 15) is 19.7 Å². The molecule has 0 aliphatic carbocycles. The molecule has 0 saturated carbocycles. The summed E-state index contributed by atoms with van der Waals surface area (Å²) in [5.41, 5.74) is -1.09. The van der Waals surface area contributed by atoms with Gasteiger partial charge in [0.1, 0.15) is 5.69 Å². The predicted octanol–water partition coefficient (Wildman–Crippen LogP) is -0.131. The molecule has 10 nitrogen and oxygen atoms in total. The van der Waals surface area contributed by atoms with Crippen LogP contribution in [-0.2, 0) is 4.74 Å². The highest BCUT2D eigenvalue weighted by atomic mass is 16.6. The number of nitro groups is 1. The standard InChI is InChI=1S/C14H17N5O5/c20-13-9-7-11(15-1-2-18-3-5-24-6-4-18)12(19(22)23)8-10(9)16-14(21)17-13/h7-8,15H,1-6H2,(H2,16,17,20,21). The minimum Gasteiger partial charge on any atom is -0.379 e. The van der Waals surface area contributed by atoms with Gasteiger partial charge in [-0.25, -0.2) is 4.79 Å². The summed E-state index contributed by atoms with van der Waals surface area (Å²) in [6, 6.07) is 2.59. The SMILES string of the molecule is O=c1[nH]c(=O)c2cc(NCCN3CCOCC3)c([N+](=O)[O-])cc2[nH]1. The average Bonchev–Trinajstić information content (AvgIpc) is 2.55. The predicted molar refractivity (Wildman–Crippen MR) is 87.6 cm³/mol. The summed E-state index contributed by atoms with van der Waals surface area (Å²) in [4.78, 5) is 40.6. The lowest BCUT2D eigenvalue weighted by Crippen LogP contribution is -2.39. The molecule has 0 spiro atoms. The van der Waals surface area contributed by atoms with Gasteiger partial charge in [0.2, 0.25) is 0 Å². The van der Waals surface area contributed by atoms with Crippen molar-refractivity contribution in [2.75, 3.05) is 44.7 Å². The van der Waals surface area contributed by atoms with Crippen LogP contribution in [0.4, 0.5) is 11.4 Å². The summed E-state index contributed by atoms with van der Waals surface area (Å²) in [6.07, 6.45) is 0. The number of aromatic nitrogens is 2. The van der Waals surface area contributed by atoms with Crippen LogP contribution < -0.4 is 16.6 Å². The molecule has 1 saturated heterocycles. The topological polar surface area (TPSA) is 133 Å². The Labute approximate surface area is 135 Å². The molecule has 0 radical (unpaired) electrons. The molecular formula is C14H17N5O5. The Morgan fingerprint density at radius 2 is 2.00 bits per heavy atom. The van der Waals surface area contributed by atoms with Crippen LogP contribution in [0.25, 0.3) is 10.9 Å². The first-order chi connectivity index (χ1) is 11.5. The molecule has 2 heterocycles. The zero-order valence-electron chi connectivity index (χ0n) is 12.8. The molecule has 24 heavy (non-hydrogen) atoms. The van der Waals surface area contributed by atoms with Gasteiger partial charge < -0.3 is 15.0 Å². The molecule has 1 aliphatic heterocycles. The number of hydrogen-bond acceptors (Lipinski definition) is 7. The van der Waals surface area contributed by atoms with E-state index in [1.807, 2.05) is 0 Å². The van der Waals surface area contributed by atoms with Crippen molar-refractivity contribution in [1.29, 1.82) is 0 Å². The van der Waals surface area contributed by atoms with Gasteiger partial charge >= 0.3 is 5.69 Å². The van der Waals surface area contributed by atoms with Crippen LogP contribution in [0.15, 0.2) is 21.7 Å². The molecule has 10 heteroatoms. The zero-order chi connectivity index (χ0) is 17.1. The largest absolute Gasteiger partial charge is 0.379 e. The maximum Gasteiger partial charge on any atom is 0.326 e. The van der Waals surface area contributed by atoms with Crippen molar-refractivity contribution in [2.24, 2.45) is 0 Å². The third kappa shape index (κ3) is 3.44. The summed E-state index contributed by atoms with van der Waals surface area (Å²) in [5, 5.41) is 14.5. The van der Waals surface area contributed by atoms with Crippen molar-refractivity contribution in [3.63, 3.8) is 0 Å². The molecule has 3 rings (SSSR count). The van der Waals surface area contributed by atoms with Crippen molar-refractivity contribution in [2.45, 2.75) is 0 Å². The van der Waals surface area contributed by atoms with Crippen LogP contribution in [0.2, 0.25) is 0 Å². The lowest BCUT2D eigenvalue weighted by atomic mass is 10.2. The average molecular weight is 335 g/mol. The summed E-state index contributed by atoms with van der Waals surface area (Å²) >= 11 is 0. The van der Waals surface area contributed by atoms with Gasteiger partial charge in [0.15, 0.2) is 0 Å². The van der Waals surface area contributed by atoms with E-state index in [0.717, 1.165) is 13.1 Å². The van der Waals surface area contributed by atoms with Crippen LogP contribution in [0, 0.1) is 10.1 Å². The van der Waals surface area contributed by atoms with Crippen molar-refractivity contribution in [1.82, 2.24) is 14.9 Å². The number of nitro benzene ring substituents is 1. The number of anilines is 1. The number of morpholine rings is 1. The van der Waals surface area contributed by atoms with Crippen LogP contribution in [0.5, 0.6) is 0 Å². The van der Waals surface area contributed by atoms with E-state index in [2.05, 4.69) is 20.2 Å². The van der Waals surface area contributed by atoms with Gasteiger partial charge in [-0.1, -0.05) is 0 Å². The number of H-pyrrole nitrogens is 2. The second-order valence-corrected chi connectivity index (χ2v) is 5.46. The molecule has 0 unspecified atom stereocenters. The van der Waals surface area contributed by atoms with E-state index in [-0.39, 0.29) is 22.3 Å². The van der Waals surface area contributed by atoms with E-state index >= 15 is 0 Å². The highest BCUT2D eigenvalue weighted by Gasteiger charge is 2.17. The van der Waals surface area contributed by atoms with Gasteiger partial charge in [-0.15, -0.1) is 0 Å². The normalized spacial score (nSPS) is 15.5. The lowest BCUT2D eigenvalue weighted by molar-refractivity contribution is -0.383. The highest BCUT2D eigenvalue weighted by molar-refractivity contribution is 5.86. The molecule has 1 aliphatic rings. The minimum absolute atomic E-state index is 0.133. The minimum atomic E-state index is -0.699. The lowest BCUT2D eigenvalue weighted by Gasteiger charge is -2.26. The van der Waals surface area contributed by atoms with Gasteiger partial charge in [0.25, 0.3) is 11.2 Å². The quantitative estimate of drug-likeness (QED) is 0.512. The molecule has 2 aromatic rings. The van der Waals surface area contributed by atoms with Crippen LogP contribution >= 0.6 is 0 Å². The summed E-state index contributed by atoms with van der Waals surface area (Å²) < 4.78 is 5.27. The fourth-order valence-electron chi connectivity index (χ4n) is 2.67. The number of nitrogens with one attached hydrogen (secondary N) is 3. The summed E-state index contributed by atoms with van der Waals surface area (Å²) in [7, 11) is 0. The van der Waals surface area contributed by atoms with Crippen LogP contribution in [0.1, 0.15) is 0 Å². The van der Waals surface area contributed by atoms with Gasteiger partial charge in [-0.3, -0.25) is 24.8 Å². The second kappa shape index (κ2) is 6.81. The fraction of sp³-hybridized carbons (Fsp3) is 0.429. The van der Waals surface area contributed by atoms with Crippen molar-refractivity contribution in [3.8, 4) is 0 Å². The number of nitrogens with zero attached hydrogens (tertiary/aromatic N) is 2. The number of ether oxygens (including phenoxy) is 1. The first-order valence-corrected chi connectivity index (χ1v) is 7.53. The second-order valence-electron chi connectivity index (χ2n) is 5.46. The maximum absolute atomic E-state index is 11.9. The van der Waals surface area contributed by atoms with E-state index < -0.39 is 16.2 Å². The molecular weight excluding hydrogens is 318 g/mol. The third-order valence-electron chi connectivity index (χ3n) is 3.90. The Balaban J connectivity index is 1.85. The maximum atomic E-state index is 11.9. The summed E-state index contributed by atoms with van der Waals surface area (Å²) in [5.74, 6) is 0. The third-order valence-corrected chi connectivity index (χ3v) is 3.90. The fourth-order valence-corrected chi connectivity index (χ4v) is 2.67. The molecule has 128 valence electrons. The Bertz CT molecular complexity index is 868. The Morgan fingerprint density at radius 3 is 2.71 bits per heavy atom. The van der Waals surface area contributed by atoms with Crippen molar-refractivity contribution in [3.05, 3.63) is 43.1 Å². The van der Waals surface area contributed by atoms with Gasteiger partial charge in [0.05, 0.1) is 29.0 Å². The Hall–Kier alpha value is -2.72. The Kier molecular flexibility index (Phi) is 4.58. The molecule has 1 aromatic carbocycles. The number of aromatic amines is 2. The monoisotopic (exact) mass is 335 g/mol. The van der Waals surface area contributed by atoms with Gasteiger partial charge in [0, 0.05) is 32.2 Å². The van der Waals surface area contributed by atoms with E-state index in [1.54, 1.807) is 0 Å². The summed E-state index contributed by atoms with van der Waals surface area (Å²) in [6.45, 7) is 4.21. The smallest absolute Gasteiger partial charge is 0.326 e. The molecule has 3 N–H and O–H groups in total. The van der Waals surface area contributed by atoms with Crippen LogP contribution in [-0.4, -0.2) is 59.2 Å². The van der Waals surface area contributed by atoms with Gasteiger partial charge in [-0.2, -0.15) is 0 Å².